The largest absolute Gasteiger partial charge is 0.481 e. The molecule has 0 spiro atoms. The van der Waals surface area contributed by atoms with Crippen LogP contribution in [0.1, 0.15) is 50.7 Å². The first-order valence-electron chi connectivity index (χ1n) is 11.4. The zero-order valence-corrected chi connectivity index (χ0v) is 19.3. The fourth-order valence-electron chi connectivity index (χ4n) is 4.29. The highest BCUT2D eigenvalue weighted by molar-refractivity contribution is 5.79. The van der Waals surface area contributed by atoms with Crippen LogP contribution in [0.15, 0.2) is 48.5 Å². The van der Waals surface area contributed by atoms with Crippen molar-refractivity contribution in [3.8, 4) is 11.1 Å². The first-order chi connectivity index (χ1) is 15.8. The van der Waals surface area contributed by atoms with Crippen molar-refractivity contribution in [1.29, 1.82) is 0 Å². The minimum atomic E-state index is -0.958. The summed E-state index contributed by atoms with van der Waals surface area (Å²) in [6.45, 7) is 6.16. The Morgan fingerprint density at radius 3 is 2.06 bits per heavy atom. The number of carbonyl (C=O) groups is 3. The van der Waals surface area contributed by atoms with Gasteiger partial charge in [-0.1, -0.05) is 62.4 Å². The third kappa shape index (κ3) is 6.34. The molecule has 7 nitrogen and oxygen atoms in total. The van der Waals surface area contributed by atoms with Crippen molar-refractivity contribution in [3.05, 3.63) is 59.7 Å². The average Bonchev–Trinajstić information content (AvgIpc) is 3.08. The van der Waals surface area contributed by atoms with Crippen molar-refractivity contribution in [2.75, 3.05) is 13.2 Å². The van der Waals surface area contributed by atoms with Crippen LogP contribution in [0.5, 0.6) is 0 Å². The quantitative estimate of drug-likeness (QED) is 0.502. The number of benzene rings is 2. The van der Waals surface area contributed by atoms with Gasteiger partial charge in [-0.15, -0.1) is 0 Å². The van der Waals surface area contributed by atoms with E-state index in [1.807, 2.05) is 38.1 Å². The summed E-state index contributed by atoms with van der Waals surface area (Å²) >= 11 is 0. The van der Waals surface area contributed by atoms with Crippen LogP contribution < -0.4 is 10.6 Å². The molecule has 2 aromatic rings. The van der Waals surface area contributed by atoms with Crippen molar-refractivity contribution >= 4 is 18.0 Å². The number of carboxylic acid groups (broad SMARTS) is 1. The number of alkyl carbamates (subject to hydrolysis) is 1. The molecule has 0 saturated heterocycles. The molecule has 0 heterocycles. The molecule has 0 aromatic heterocycles. The Bertz CT molecular complexity index is 958. The summed E-state index contributed by atoms with van der Waals surface area (Å²) in [4.78, 5) is 35.5. The maximum atomic E-state index is 12.4. The third-order valence-electron chi connectivity index (χ3n) is 6.13. The van der Waals surface area contributed by atoms with Crippen molar-refractivity contribution in [2.24, 2.45) is 11.8 Å². The number of rotatable bonds is 10. The van der Waals surface area contributed by atoms with Crippen molar-refractivity contribution in [1.82, 2.24) is 10.6 Å². The molecule has 1 unspecified atom stereocenters. The van der Waals surface area contributed by atoms with Crippen LogP contribution in [0, 0.1) is 11.8 Å². The van der Waals surface area contributed by atoms with Crippen LogP contribution >= 0.6 is 0 Å². The van der Waals surface area contributed by atoms with E-state index in [1.54, 1.807) is 6.92 Å². The lowest BCUT2D eigenvalue weighted by Gasteiger charge is -2.22. The van der Waals surface area contributed by atoms with Crippen LogP contribution in [0.25, 0.3) is 11.1 Å². The topological polar surface area (TPSA) is 105 Å². The first kappa shape index (κ1) is 24.3. The van der Waals surface area contributed by atoms with E-state index in [0.717, 1.165) is 11.1 Å². The fraction of sp³-hybridized carbons (Fsp3) is 0.423. The molecule has 7 heteroatoms. The number of carbonyl (C=O) groups excluding carboxylic acids is 2. The maximum Gasteiger partial charge on any atom is 0.407 e. The van der Waals surface area contributed by atoms with E-state index in [1.165, 1.54) is 11.1 Å². The zero-order valence-electron chi connectivity index (χ0n) is 19.3. The highest BCUT2D eigenvalue weighted by Gasteiger charge is 2.29. The molecule has 176 valence electrons. The minimum Gasteiger partial charge on any atom is -0.481 e. The molecule has 0 fully saturated rings. The van der Waals surface area contributed by atoms with Crippen molar-refractivity contribution in [3.63, 3.8) is 0 Å². The Hall–Kier alpha value is -3.35. The third-order valence-corrected chi connectivity index (χ3v) is 6.13. The molecule has 1 aliphatic rings. The van der Waals surface area contributed by atoms with Gasteiger partial charge in [0.15, 0.2) is 0 Å². The van der Waals surface area contributed by atoms with Gasteiger partial charge in [-0.25, -0.2) is 4.79 Å². The summed E-state index contributed by atoms with van der Waals surface area (Å²) in [6, 6.07) is 15.9. The molecule has 33 heavy (non-hydrogen) atoms. The normalized spacial score (nSPS) is 14.2. The van der Waals surface area contributed by atoms with Gasteiger partial charge in [0.1, 0.15) is 6.61 Å². The molecule has 0 bridgehead atoms. The number of carboxylic acids is 1. The Morgan fingerprint density at radius 2 is 1.52 bits per heavy atom. The number of amides is 2. The van der Waals surface area contributed by atoms with Crippen LogP contribution in [-0.4, -0.2) is 42.3 Å². The lowest BCUT2D eigenvalue weighted by molar-refractivity contribution is -0.137. The SMILES string of the molecule is CC(C)C(CNC(=O)OCC1c2ccccc2-c2ccccc21)CC(=O)N[C@@H](C)CC(=O)O. The summed E-state index contributed by atoms with van der Waals surface area (Å²) in [5.74, 6) is -1.13. The number of hydrogen-bond acceptors (Lipinski definition) is 4. The number of hydrogen-bond donors (Lipinski definition) is 3. The molecular formula is C26H32N2O5. The van der Waals surface area contributed by atoms with Gasteiger partial charge in [-0.05, 0) is 41.0 Å². The van der Waals surface area contributed by atoms with E-state index in [2.05, 4.69) is 34.9 Å². The van der Waals surface area contributed by atoms with Gasteiger partial charge >= 0.3 is 12.1 Å². The molecule has 1 aliphatic carbocycles. The number of ether oxygens (including phenoxy) is 1. The zero-order chi connectivity index (χ0) is 24.0. The van der Waals surface area contributed by atoms with Crippen molar-refractivity contribution in [2.45, 2.75) is 45.6 Å². The molecule has 0 saturated carbocycles. The highest BCUT2D eigenvalue weighted by Crippen LogP contribution is 2.44. The van der Waals surface area contributed by atoms with Gasteiger partial charge in [0.2, 0.25) is 5.91 Å². The lowest BCUT2D eigenvalue weighted by Crippen LogP contribution is -2.39. The molecule has 3 N–H and O–H groups in total. The van der Waals surface area contributed by atoms with Gasteiger partial charge in [-0.2, -0.15) is 0 Å². The van der Waals surface area contributed by atoms with Gasteiger partial charge in [-0.3, -0.25) is 9.59 Å². The molecule has 2 aromatic carbocycles. The van der Waals surface area contributed by atoms with Crippen LogP contribution in [0.4, 0.5) is 4.79 Å². The monoisotopic (exact) mass is 452 g/mol. The Kier molecular flexibility index (Phi) is 8.09. The Morgan fingerprint density at radius 1 is 0.939 bits per heavy atom. The average molecular weight is 453 g/mol. The molecule has 2 atom stereocenters. The summed E-state index contributed by atoms with van der Waals surface area (Å²) in [5.41, 5.74) is 4.65. The molecule has 0 aliphatic heterocycles. The summed E-state index contributed by atoms with van der Waals surface area (Å²) < 4.78 is 5.57. The second-order valence-corrected chi connectivity index (χ2v) is 8.98. The first-order valence-corrected chi connectivity index (χ1v) is 11.4. The van der Waals surface area contributed by atoms with E-state index < -0.39 is 18.1 Å². The summed E-state index contributed by atoms with van der Waals surface area (Å²) in [5, 5.41) is 14.3. The van der Waals surface area contributed by atoms with E-state index in [4.69, 9.17) is 9.84 Å². The maximum absolute atomic E-state index is 12.4. The van der Waals surface area contributed by atoms with Crippen molar-refractivity contribution < 1.29 is 24.2 Å². The summed E-state index contributed by atoms with van der Waals surface area (Å²) in [7, 11) is 0. The van der Waals surface area contributed by atoms with E-state index in [9.17, 15) is 14.4 Å². The van der Waals surface area contributed by atoms with E-state index in [0.29, 0.717) is 6.54 Å². The highest BCUT2D eigenvalue weighted by atomic mass is 16.5. The molecule has 3 rings (SSSR count). The molecule has 2 amide bonds. The smallest absolute Gasteiger partial charge is 0.407 e. The van der Waals surface area contributed by atoms with Gasteiger partial charge < -0.3 is 20.5 Å². The van der Waals surface area contributed by atoms with Gasteiger partial charge in [0.25, 0.3) is 0 Å². The van der Waals surface area contributed by atoms with Gasteiger partial charge in [0.05, 0.1) is 6.42 Å². The predicted octanol–water partition coefficient (Wildman–Crippen LogP) is 4.17. The summed E-state index contributed by atoms with van der Waals surface area (Å²) in [6.07, 6.45) is -0.441. The molecule has 0 radical (unpaired) electrons. The number of nitrogens with one attached hydrogen (secondary N) is 2. The lowest BCUT2D eigenvalue weighted by atomic mass is 9.92. The predicted molar refractivity (Wildman–Crippen MR) is 126 cm³/mol. The van der Waals surface area contributed by atoms with Crippen LogP contribution in [0.2, 0.25) is 0 Å². The van der Waals surface area contributed by atoms with E-state index in [-0.39, 0.29) is 43.1 Å². The van der Waals surface area contributed by atoms with E-state index >= 15 is 0 Å². The van der Waals surface area contributed by atoms with Crippen LogP contribution in [-0.2, 0) is 14.3 Å². The second kappa shape index (κ2) is 11.0. The Balaban J connectivity index is 1.52. The van der Waals surface area contributed by atoms with Crippen LogP contribution in [0.3, 0.4) is 0 Å². The number of fused-ring (bicyclic) bond motifs is 3. The standard InChI is InChI=1S/C26H32N2O5/c1-16(2)18(13-24(29)28-17(3)12-25(30)31)14-27-26(32)33-15-23-21-10-6-4-8-19(21)20-9-5-7-11-22(20)23/h4-11,16-18,23H,12-15H2,1-3H3,(H,27,32)(H,28,29)(H,30,31)/t17-,18?/m0/s1. The minimum absolute atomic E-state index is 0.00875. The van der Waals surface area contributed by atoms with Gasteiger partial charge in [0, 0.05) is 24.9 Å². The fourth-order valence-corrected chi connectivity index (χ4v) is 4.29. The molecular weight excluding hydrogens is 420 g/mol. The number of aliphatic carboxylic acids is 1. The Labute approximate surface area is 194 Å². The second-order valence-electron chi connectivity index (χ2n) is 8.98.